The molecule has 0 amide bonds. The second kappa shape index (κ2) is 12.7. The fraction of sp³-hybridized carbons (Fsp3) is 0.909. The Morgan fingerprint density at radius 2 is 1.72 bits per heavy atom. The molecule has 206 valence electrons. The predicted octanol–water partition coefficient (Wildman–Crippen LogP) is 10.2. The van der Waals surface area contributed by atoms with Gasteiger partial charge in [0.25, 0.3) is 0 Å². The van der Waals surface area contributed by atoms with E-state index in [2.05, 4.69) is 49.7 Å². The van der Waals surface area contributed by atoms with Gasteiger partial charge in [0.2, 0.25) is 0 Å². The van der Waals surface area contributed by atoms with E-state index in [1.54, 1.807) is 5.57 Å². The molecule has 0 aromatic carbocycles. The van der Waals surface area contributed by atoms with E-state index in [1.807, 2.05) is 0 Å². The number of alkyl halides is 1. The molecule has 0 spiro atoms. The molecular formula is C33H55BrO2. The summed E-state index contributed by atoms with van der Waals surface area (Å²) in [4.78, 5) is 12.5. The highest BCUT2D eigenvalue weighted by Crippen LogP contribution is 2.66. The van der Waals surface area contributed by atoms with Crippen LogP contribution in [-0.4, -0.2) is 16.9 Å². The van der Waals surface area contributed by atoms with Gasteiger partial charge in [-0.25, -0.2) is 0 Å². The Labute approximate surface area is 231 Å². The highest BCUT2D eigenvalue weighted by atomic mass is 79.9. The van der Waals surface area contributed by atoms with Crippen LogP contribution >= 0.6 is 15.9 Å². The van der Waals surface area contributed by atoms with Gasteiger partial charge in [-0.1, -0.05) is 107 Å². The minimum Gasteiger partial charge on any atom is -0.461 e. The van der Waals surface area contributed by atoms with E-state index < -0.39 is 0 Å². The van der Waals surface area contributed by atoms with Crippen LogP contribution in [0.15, 0.2) is 11.6 Å². The second-order valence-corrected chi connectivity index (χ2v) is 14.7. The molecule has 2 nitrogen and oxygen atoms in total. The number of halogens is 1. The highest BCUT2D eigenvalue weighted by Gasteiger charge is 2.58. The van der Waals surface area contributed by atoms with Crippen molar-refractivity contribution in [1.82, 2.24) is 0 Å². The first kappa shape index (κ1) is 28.7. The first-order valence-electron chi connectivity index (χ1n) is 15.9. The van der Waals surface area contributed by atoms with Gasteiger partial charge in [0.15, 0.2) is 0 Å². The van der Waals surface area contributed by atoms with Gasteiger partial charge in [0, 0.05) is 6.42 Å². The third kappa shape index (κ3) is 5.96. The summed E-state index contributed by atoms with van der Waals surface area (Å²) in [5, 5.41) is 0. The summed E-state index contributed by atoms with van der Waals surface area (Å²) in [6, 6.07) is 0. The normalized spacial score (nSPS) is 38.5. The molecule has 3 fully saturated rings. The summed E-state index contributed by atoms with van der Waals surface area (Å²) in [5.41, 5.74) is 2.54. The standard InChI is InChI=1S/C33H55BrO2/c1-5-7-9-10-11-12-13-24-16-18-28-27-17-15-25-23-26(36-31(35)30(34)14-8-6-2)19-21-33(25,4)29(27)20-22-32(24,28)3/h15,24,26-30H,5-14,16-23H2,1-4H3/t24-,26+,27+,28-,29+,30-,32-,33+/m1/s1. The van der Waals surface area contributed by atoms with E-state index in [9.17, 15) is 4.79 Å². The fourth-order valence-corrected chi connectivity index (χ4v) is 9.65. The lowest BCUT2D eigenvalue weighted by Crippen LogP contribution is -2.50. The van der Waals surface area contributed by atoms with Crippen molar-refractivity contribution in [2.45, 2.75) is 154 Å². The minimum atomic E-state index is -0.141. The van der Waals surface area contributed by atoms with Crippen molar-refractivity contribution in [2.24, 2.45) is 34.5 Å². The number of ether oxygens (including phenoxy) is 1. The number of hydrogen-bond donors (Lipinski definition) is 0. The maximum atomic E-state index is 12.6. The van der Waals surface area contributed by atoms with Crippen molar-refractivity contribution < 1.29 is 9.53 Å². The highest BCUT2D eigenvalue weighted by molar-refractivity contribution is 9.10. The smallest absolute Gasteiger partial charge is 0.320 e. The van der Waals surface area contributed by atoms with Gasteiger partial charge in [-0.3, -0.25) is 4.79 Å². The minimum absolute atomic E-state index is 0.0397. The van der Waals surface area contributed by atoms with E-state index in [1.165, 1.54) is 83.5 Å². The molecule has 0 aromatic rings. The van der Waals surface area contributed by atoms with Gasteiger partial charge in [0.05, 0.1) is 0 Å². The summed E-state index contributed by atoms with van der Waals surface area (Å²) in [5.74, 6) is 3.58. The molecular weight excluding hydrogens is 508 g/mol. The molecule has 0 heterocycles. The SMILES string of the molecule is CCCCCCCC[C@@H]1CC[C@@H]2[C@@H]3CC=C4C[C@@H](OC(=O)[C@H](Br)CCCC)CC[C@]4(C)[C@H]3CC[C@]12C. The zero-order valence-corrected chi connectivity index (χ0v) is 25.5. The zero-order valence-electron chi connectivity index (χ0n) is 24.0. The molecule has 4 aliphatic rings. The Kier molecular flexibility index (Phi) is 10.1. The number of fused-ring (bicyclic) bond motifs is 5. The molecule has 0 unspecified atom stereocenters. The molecule has 8 atom stereocenters. The first-order valence-corrected chi connectivity index (χ1v) is 16.8. The van der Waals surface area contributed by atoms with Crippen LogP contribution in [0.1, 0.15) is 143 Å². The van der Waals surface area contributed by atoms with Gasteiger partial charge in [0.1, 0.15) is 10.9 Å². The molecule has 3 heteroatoms. The number of carbonyl (C=O) groups excluding carboxylic acids is 1. The first-order chi connectivity index (χ1) is 17.3. The monoisotopic (exact) mass is 562 g/mol. The van der Waals surface area contributed by atoms with Crippen LogP contribution in [-0.2, 0) is 9.53 Å². The van der Waals surface area contributed by atoms with Gasteiger partial charge in [-0.15, -0.1) is 0 Å². The van der Waals surface area contributed by atoms with E-state index in [0.717, 1.165) is 55.8 Å². The predicted molar refractivity (Wildman–Crippen MR) is 155 cm³/mol. The molecule has 0 aromatic heterocycles. The summed E-state index contributed by atoms with van der Waals surface area (Å²) < 4.78 is 6.02. The quantitative estimate of drug-likeness (QED) is 0.102. The lowest BCUT2D eigenvalue weighted by Gasteiger charge is -2.58. The van der Waals surface area contributed by atoms with Crippen LogP contribution in [0.5, 0.6) is 0 Å². The number of allylic oxidation sites excluding steroid dienone is 1. The van der Waals surface area contributed by atoms with E-state index in [0.29, 0.717) is 10.8 Å². The topological polar surface area (TPSA) is 26.3 Å². The Balaban J connectivity index is 1.34. The van der Waals surface area contributed by atoms with Gasteiger partial charge in [-0.2, -0.15) is 0 Å². The molecule has 0 radical (unpaired) electrons. The van der Waals surface area contributed by atoms with Crippen LogP contribution < -0.4 is 0 Å². The Morgan fingerprint density at radius 3 is 2.50 bits per heavy atom. The van der Waals surface area contributed by atoms with Gasteiger partial charge in [-0.05, 0) is 92.3 Å². The molecule has 4 rings (SSSR count). The van der Waals surface area contributed by atoms with Crippen LogP contribution in [0.2, 0.25) is 0 Å². The number of rotatable bonds is 12. The van der Waals surface area contributed by atoms with Crippen LogP contribution in [0.25, 0.3) is 0 Å². The van der Waals surface area contributed by atoms with E-state index >= 15 is 0 Å². The molecule has 4 aliphatic carbocycles. The van der Waals surface area contributed by atoms with Crippen LogP contribution in [0.4, 0.5) is 0 Å². The largest absolute Gasteiger partial charge is 0.461 e. The van der Waals surface area contributed by atoms with Gasteiger partial charge >= 0.3 is 5.97 Å². The average molecular weight is 564 g/mol. The van der Waals surface area contributed by atoms with Crippen molar-refractivity contribution in [1.29, 1.82) is 0 Å². The molecule has 0 saturated heterocycles. The summed E-state index contributed by atoms with van der Waals surface area (Å²) in [6.07, 6.45) is 26.1. The van der Waals surface area contributed by atoms with Crippen molar-refractivity contribution in [3.8, 4) is 0 Å². The summed E-state index contributed by atoms with van der Waals surface area (Å²) >= 11 is 3.57. The average Bonchev–Trinajstić information content (AvgIpc) is 3.21. The zero-order chi connectivity index (χ0) is 25.8. The van der Waals surface area contributed by atoms with Crippen LogP contribution in [0, 0.1) is 34.5 Å². The third-order valence-electron chi connectivity index (χ3n) is 11.5. The van der Waals surface area contributed by atoms with E-state index in [4.69, 9.17) is 4.74 Å². The Bertz CT molecular complexity index is 761. The summed E-state index contributed by atoms with van der Waals surface area (Å²) in [7, 11) is 0. The van der Waals surface area contributed by atoms with Gasteiger partial charge < -0.3 is 4.74 Å². The molecule has 3 saturated carbocycles. The number of esters is 1. The number of hydrogen-bond acceptors (Lipinski definition) is 2. The maximum Gasteiger partial charge on any atom is 0.320 e. The molecule has 0 N–H and O–H groups in total. The maximum absolute atomic E-state index is 12.6. The Morgan fingerprint density at radius 1 is 0.972 bits per heavy atom. The van der Waals surface area contributed by atoms with E-state index in [-0.39, 0.29) is 16.9 Å². The van der Waals surface area contributed by atoms with Crippen molar-refractivity contribution in [2.75, 3.05) is 0 Å². The lowest BCUT2D eigenvalue weighted by atomic mass is 9.47. The molecule has 0 bridgehead atoms. The number of carbonyl (C=O) groups is 1. The molecule has 0 aliphatic heterocycles. The van der Waals surface area contributed by atoms with Crippen LogP contribution in [0.3, 0.4) is 0 Å². The Hall–Kier alpha value is -0.310. The fourth-order valence-electron chi connectivity index (χ4n) is 9.22. The summed E-state index contributed by atoms with van der Waals surface area (Å²) in [6.45, 7) is 9.75. The second-order valence-electron chi connectivity index (χ2n) is 13.5. The van der Waals surface area contributed by atoms with Crippen molar-refractivity contribution in [3.63, 3.8) is 0 Å². The van der Waals surface area contributed by atoms with Crippen molar-refractivity contribution >= 4 is 21.9 Å². The van der Waals surface area contributed by atoms with Crippen molar-refractivity contribution in [3.05, 3.63) is 11.6 Å². The lowest BCUT2D eigenvalue weighted by molar-refractivity contribution is -0.150. The third-order valence-corrected chi connectivity index (χ3v) is 12.3. The molecule has 36 heavy (non-hydrogen) atoms. The number of unbranched alkanes of at least 4 members (excludes halogenated alkanes) is 6.